The van der Waals surface area contributed by atoms with Crippen LogP contribution in [-0.4, -0.2) is 79.6 Å². The van der Waals surface area contributed by atoms with Gasteiger partial charge < -0.3 is 24.6 Å². The molecule has 0 aliphatic carbocycles. The van der Waals surface area contributed by atoms with Crippen molar-refractivity contribution in [1.29, 1.82) is 0 Å². The van der Waals surface area contributed by atoms with Crippen molar-refractivity contribution in [2.24, 2.45) is 5.92 Å². The molecule has 1 aromatic carbocycles. The number of methoxy groups -OCH3 is 1. The molecule has 0 spiro atoms. The number of rotatable bonds is 7. The Balaban J connectivity index is 1.37. The predicted octanol–water partition coefficient (Wildman–Crippen LogP) is 1.90. The summed E-state index contributed by atoms with van der Waals surface area (Å²) in [6.07, 6.45) is 3.92. The number of hydrogen-bond acceptors (Lipinski definition) is 5. The van der Waals surface area contributed by atoms with Gasteiger partial charge in [-0.2, -0.15) is 0 Å². The van der Waals surface area contributed by atoms with Crippen LogP contribution in [0.15, 0.2) is 18.2 Å². The molecule has 1 aromatic rings. The maximum atomic E-state index is 13.8. The highest BCUT2D eigenvalue weighted by Crippen LogP contribution is 2.32. The molecule has 3 fully saturated rings. The first-order valence-corrected chi connectivity index (χ1v) is 12.2. The van der Waals surface area contributed by atoms with Crippen molar-refractivity contribution in [3.8, 4) is 5.75 Å². The Labute approximate surface area is 199 Å². The van der Waals surface area contributed by atoms with Crippen LogP contribution in [0.2, 0.25) is 0 Å². The SMILES string of the molecule is COc1cc(C[C@]2(CCC(=O)N3CCC[C@@H](C(=O)N4CCOCC4)C3)CCC(=O)N2)ccc1F. The molecular formula is C25H34FN3O5. The summed E-state index contributed by atoms with van der Waals surface area (Å²) in [6.45, 7) is 3.45. The van der Waals surface area contributed by atoms with Crippen LogP contribution in [-0.2, 0) is 25.5 Å². The summed E-state index contributed by atoms with van der Waals surface area (Å²) >= 11 is 0. The summed E-state index contributed by atoms with van der Waals surface area (Å²) in [5, 5.41) is 3.08. The Morgan fingerprint density at radius 1 is 1.24 bits per heavy atom. The fraction of sp³-hybridized carbons (Fsp3) is 0.640. The van der Waals surface area contributed by atoms with Crippen LogP contribution >= 0.6 is 0 Å². The average molecular weight is 476 g/mol. The molecule has 4 rings (SSSR count). The van der Waals surface area contributed by atoms with Gasteiger partial charge in [-0.15, -0.1) is 0 Å². The molecule has 2 atom stereocenters. The van der Waals surface area contributed by atoms with Crippen molar-refractivity contribution in [3.63, 3.8) is 0 Å². The van der Waals surface area contributed by atoms with Crippen molar-refractivity contribution in [3.05, 3.63) is 29.6 Å². The lowest BCUT2D eigenvalue weighted by Gasteiger charge is -2.37. The second-order valence-corrected chi connectivity index (χ2v) is 9.59. The Morgan fingerprint density at radius 3 is 2.74 bits per heavy atom. The van der Waals surface area contributed by atoms with Crippen LogP contribution in [0.3, 0.4) is 0 Å². The smallest absolute Gasteiger partial charge is 0.227 e. The molecule has 3 aliphatic rings. The minimum Gasteiger partial charge on any atom is -0.494 e. The topological polar surface area (TPSA) is 88.2 Å². The molecule has 3 amide bonds. The highest BCUT2D eigenvalue weighted by molar-refractivity contribution is 5.82. The second kappa shape index (κ2) is 10.7. The third-order valence-corrected chi connectivity index (χ3v) is 7.26. The van der Waals surface area contributed by atoms with Crippen molar-refractivity contribution in [2.75, 3.05) is 46.5 Å². The molecule has 0 saturated carbocycles. The molecule has 1 N–H and O–H groups in total. The average Bonchev–Trinajstić information content (AvgIpc) is 3.24. The number of piperidine rings is 1. The number of amides is 3. The van der Waals surface area contributed by atoms with Crippen LogP contribution in [0.25, 0.3) is 0 Å². The van der Waals surface area contributed by atoms with Crippen molar-refractivity contribution < 1.29 is 28.2 Å². The maximum absolute atomic E-state index is 13.8. The van der Waals surface area contributed by atoms with Gasteiger partial charge in [-0.1, -0.05) is 6.07 Å². The lowest BCUT2D eigenvalue weighted by molar-refractivity contribution is -0.144. The third-order valence-electron chi connectivity index (χ3n) is 7.26. The predicted molar refractivity (Wildman–Crippen MR) is 123 cm³/mol. The van der Waals surface area contributed by atoms with Gasteiger partial charge in [0.1, 0.15) is 0 Å². The summed E-state index contributed by atoms with van der Waals surface area (Å²) in [4.78, 5) is 41.8. The zero-order valence-electron chi connectivity index (χ0n) is 19.8. The van der Waals surface area contributed by atoms with Gasteiger partial charge in [-0.25, -0.2) is 4.39 Å². The highest BCUT2D eigenvalue weighted by atomic mass is 19.1. The van der Waals surface area contributed by atoms with Crippen molar-refractivity contribution in [2.45, 2.75) is 50.5 Å². The summed E-state index contributed by atoms with van der Waals surface area (Å²) in [5.74, 6) is -0.338. The molecule has 0 unspecified atom stereocenters. The number of nitrogens with zero attached hydrogens (tertiary/aromatic N) is 2. The van der Waals surface area contributed by atoms with Crippen LogP contribution in [0, 0.1) is 11.7 Å². The molecule has 3 saturated heterocycles. The minimum atomic E-state index is -0.547. The van der Waals surface area contributed by atoms with Crippen molar-refractivity contribution in [1.82, 2.24) is 15.1 Å². The minimum absolute atomic E-state index is 0.0108. The van der Waals surface area contributed by atoms with E-state index in [1.807, 2.05) is 4.90 Å². The Kier molecular flexibility index (Phi) is 7.70. The molecule has 3 aliphatic heterocycles. The quantitative estimate of drug-likeness (QED) is 0.651. The van der Waals surface area contributed by atoms with Gasteiger partial charge in [0.25, 0.3) is 0 Å². The van der Waals surface area contributed by atoms with E-state index in [0.29, 0.717) is 65.1 Å². The highest BCUT2D eigenvalue weighted by Gasteiger charge is 2.39. The van der Waals surface area contributed by atoms with E-state index < -0.39 is 11.4 Å². The number of hydrogen-bond donors (Lipinski definition) is 1. The van der Waals surface area contributed by atoms with E-state index in [1.54, 1.807) is 17.0 Å². The van der Waals surface area contributed by atoms with Crippen LogP contribution in [0.4, 0.5) is 4.39 Å². The lowest BCUT2D eigenvalue weighted by atomic mass is 9.84. The molecule has 0 radical (unpaired) electrons. The Morgan fingerprint density at radius 2 is 2.03 bits per heavy atom. The summed E-state index contributed by atoms with van der Waals surface area (Å²) < 4.78 is 24.3. The summed E-state index contributed by atoms with van der Waals surface area (Å²) in [6, 6.07) is 4.71. The molecule has 186 valence electrons. The summed E-state index contributed by atoms with van der Waals surface area (Å²) in [5.41, 5.74) is 0.302. The second-order valence-electron chi connectivity index (χ2n) is 9.59. The lowest BCUT2D eigenvalue weighted by Crippen LogP contribution is -2.50. The molecule has 3 heterocycles. The Bertz CT molecular complexity index is 920. The van der Waals surface area contributed by atoms with E-state index in [9.17, 15) is 18.8 Å². The number of morpholine rings is 1. The number of nitrogens with one attached hydrogen (secondary N) is 1. The maximum Gasteiger partial charge on any atom is 0.227 e. The zero-order chi connectivity index (χ0) is 24.1. The van der Waals surface area contributed by atoms with Gasteiger partial charge in [0.2, 0.25) is 17.7 Å². The van der Waals surface area contributed by atoms with Gasteiger partial charge in [0, 0.05) is 44.6 Å². The van der Waals surface area contributed by atoms with E-state index in [4.69, 9.17) is 9.47 Å². The monoisotopic (exact) mass is 475 g/mol. The van der Waals surface area contributed by atoms with E-state index in [-0.39, 0.29) is 35.8 Å². The largest absolute Gasteiger partial charge is 0.494 e. The van der Waals surface area contributed by atoms with E-state index in [0.717, 1.165) is 18.4 Å². The first-order chi connectivity index (χ1) is 16.4. The van der Waals surface area contributed by atoms with E-state index >= 15 is 0 Å². The first kappa shape index (κ1) is 24.4. The van der Waals surface area contributed by atoms with Crippen molar-refractivity contribution >= 4 is 17.7 Å². The van der Waals surface area contributed by atoms with Crippen LogP contribution < -0.4 is 10.1 Å². The third kappa shape index (κ3) is 5.68. The van der Waals surface area contributed by atoms with Gasteiger partial charge in [-0.05, 0) is 49.8 Å². The van der Waals surface area contributed by atoms with Gasteiger partial charge in [-0.3, -0.25) is 14.4 Å². The summed E-state index contributed by atoms with van der Waals surface area (Å²) in [7, 11) is 1.42. The fourth-order valence-electron chi connectivity index (χ4n) is 5.34. The molecule has 8 nitrogen and oxygen atoms in total. The standard InChI is InChI=1S/C25H34FN3O5/c1-33-21-15-18(4-5-20(21)26)16-25(8-6-22(30)27-25)9-7-23(31)29-10-2-3-19(17-29)24(32)28-11-13-34-14-12-28/h4-5,15,19H,2-3,6-14,16-17H2,1H3,(H,27,30)/t19-,25-/m1/s1. The van der Waals surface area contributed by atoms with Gasteiger partial charge in [0.15, 0.2) is 11.6 Å². The zero-order valence-corrected chi connectivity index (χ0v) is 19.8. The molecule has 0 bridgehead atoms. The van der Waals surface area contributed by atoms with Gasteiger partial charge in [0.05, 0.1) is 26.2 Å². The number of likely N-dealkylation sites (tertiary alicyclic amines) is 1. The van der Waals surface area contributed by atoms with Gasteiger partial charge >= 0.3 is 0 Å². The number of carbonyl (C=O) groups excluding carboxylic acids is 3. The van der Waals surface area contributed by atoms with E-state index in [1.165, 1.54) is 13.2 Å². The number of ether oxygens (including phenoxy) is 2. The molecule has 9 heteroatoms. The number of carbonyl (C=O) groups is 3. The first-order valence-electron chi connectivity index (χ1n) is 12.2. The molecule has 0 aromatic heterocycles. The molecule has 34 heavy (non-hydrogen) atoms. The number of benzene rings is 1. The molecular weight excluding hydrogens is 441 g/mol. The normalized spacial score (nSPS) is 25.2. The van der Waals surface area contributed by atoms with Crippen LogP contribution in [0.1, 0.15) is 44.1 Å². The Hall–Kier alpha value is -2.68. The van der Waals surface area contributed by atoms with Crippen LogP contribution in [0.5, 0.6) is 5.75 Å². The fourth-order valence-corrected chi connectivity index (χ4v) is 5.34. The van der Waals surface area contributed by atoms with E-state index in [2.05, 4.69) is 5.32 Å². The number of halogens is 1.